The summed E-state index contributed by atoms with van der Waals surface area (Å²) >= 11 is 0. The highest BCUT2D eigenvalue weighted by molar-refractivity contribution is 5.77. The van der Waals surface area contributed by atoms with Gasteiger partial charge in [-0.15, -0.1) is 0 Å². The van der Waals surface area contributed by atoms with Crippen molar-refractivity contribution in [2.24, 2.45) is 34.5 Å². The summed E-state index contributed by atoms with van der Waals surface area (Å²) in [6.45, 7) is 9.36. The highest BCUT2D eigenvalue weighted by atomic mass is 16.6. The lowest BCUT2D eigenvalue weighted by atomic mass is 9.40. The Bertz CT molecular complexity index is 1830. The molecule has 1 aliphatic heterocycles. The molecule has 10 nitrogen and oxygen atoms in total. The predicted molar refractivity (Wildman–Crippen MR) is 236 cm³/mol. The maximum Gasteiger partial charge on any atom is 0.146 e. The molecule has 1 aromatic carbocycles. The number of ether oxygens (including phenoxy) is 2. The van der Waals surface area contributed by atoms with Crippen molar-refractivity contribution in [3.8, 4) is 0 Å². The maximum absolute atomic E-state index is 13.2. The fourth-order valence-electron chi connectivity index (χ4n) is 12.1. The first-order chi connectivity index (χ1) is 28.8. The number of benzene rings is 1. The van der Waals surface area contributed by atoms with Crippen LogP contribution < -0.4 is 10.6 Å². The van der Waals surface area contributed by atoms with E-state index in [1.165, 1.54) is 11.1 Å². The minimum atomic E-state index is -1.25. The number of rotatable bonds is 16. The molecule has 2 fully saturated rings. The maximum atomic E-state index is 13.2. The van der Waals surface area contributed by atoms with Crippen LogP contribution in [-0.2, 0) is 27.1 Å². The summed E-state index contributed by atoms with van der Waals surface area (Å²) in [5.74, 6) is -0.797. The molecule has 1 heterocycles. The van der Waals surface area contributed by atoms with Gasteiger partial charge in [-0.3, -0.25) is 10.1 Å². The van der Waals surface area contributed by atoms with Crippen LogP contribution in [0, 0.1) is 34.5 Å². The van der Waals surface area contributed by atoms with Crippen LogP contribution in [0.1, 0.15) is 89.2 Å². The average molecular weight is 829 g/mol. The Labute approximate surface area is 358 Å². The van der Waals surface area contributed by atoms with Crippen molar-refractivity contribution in [2.75, 3.05) is 47.3 Å². The number of allylic oxidation sites excluding steroid dienone is 9. The van der Waals surface area contributed by atoms with Crippen LogP contribution in [0.25, 0.3) is 0 Å². The normalized spacial score (nSPS) is 35.9. The number of hydrogen-bond acceptors (Lipinski definition) is 10. The molecular formula is C50H72N2O8. The molecule has 10 heteroatoms. The van der Waals surface area contributed by atoms with Gasteiger partial charge in [0.25, 0.3) is 0 Å². The SMILES string of the molecule is C=C(C=CC=C(COCO)[C@H]1CC[C@]2([C@@H]1O)[C@@H]1C3=C(C=O)CCC[C@]3(C=C[C@@H]1CCO)C[C@]2(O)CCNC)[C@@H]1CC=C(C)[C@H](O)N[C@](C)(CCOC)Cc2cccc(c2)C1. The Kier molecular flexibility index (Phi) is 15.5. The third-order valence-corrected chi connectivity index (χ3v) is 15.1. The number of fused-ring (bicyclic) bond motifs is 3. The van der Waals surface area contributed by atoms with E-state index in [1.54, 1.807) is 7.11 Å². The van der Waals surface area contributed by atoms with Gasteiger partial charge in [-0.1, -0.05) is 72.9 Å². The Balaban J connectivity index is 1.32. The number of carbonyl (C=O) groups is 1. The van der Waals surface area contributed by atoms with Gasteiger partial charge in [-0.25, -0.2) is 0 Å². The molecule has 0 saturated heterocycles. The molecule has 0 radical (unpaired) electrons. The van der Waals surface area contributed by atoms with Gasteiger partial charge < -0.3 is 40.3 Å². The standard InChI is InChI=1S/C50H72N2O8/c1-34(39-15-14-35(2)46(57)52-47(3,23-26-59-5)29-37-11-7-10-36(27-37)28-39)9-6-12-41(31-60-33-55)42-17-21-50(45(42)56)44-38(18-25-53)16-20-48(32-49(50,58)22-24-51-4)19-8-13-40(30-54)43(44)48/h6-7,9-12,14,16,20,27,30,38-39,42,44-46,51-53,55-58H,1,8,13,15,17-19,21-26,28-29,31-33H2,2-5H3/t38-,39-,42-,44+,45-,46+,47-,48+,49-,50-/m1/s1. The van der Waals surface area contributed by atoms with Gasteiger partial charge in [0.1, 0.15) is 19.3 Å². The molecule has 10 atom stereocenters. The van der Waals surface area contributed by atoms with E-state index < -0.39 is 35.6 Å². The van der Waals surface area contributed by atoms with Crippen LogP contribution in [-0.4, -0.2) is 103 Å². The summed E-state index contributed by atoms with van der Waals surface area (Å²) in [5.41, 5.74) is 3.80. The Morgan fingerprint density at radius 3 is 2.68 bits per heavy atom. The van der Waals surface area contributed by atoms with E-state index in [1.807, 2.05) is 32.2 Å². The molecule has 1 spiro atoms. The third-order valence-electron chi connectivity index (χ3n) is 15.1. The van der Waals surface area contributed by atoms with E-state index in [2.05, 4.69) is 66.6 Å². The van der Waals surface area contributed by atoms with E-state index in [9.17, 15) is 30.3 Å². The molecule has 1 aromatic rings. The second kappa shape index (κ2) is 20.0. The number of aliphatic hydroxyl groups excluding tert-OH is 4. The molecule has 2 saturated carbocycles. The summed E-state index contributed by atoms with van der Waals surface area (Å²) in [6.07, 6.45) is 19.5. The van der Waals surface area contributed by atoms with Gasteiger partial charge in [0.2, 0.25) is 0 Å². The highest BCUT2D eigenvalue weighted by Gasteiger charge is 2.71. The van der Waals surface area contributed by atoms with Gasteiger partial charge in [0, 0.05) is 42.6 Å². The molecule has 0 unspecified atom stereocenters. The number of aldehydes is 1. The summed E-state index contributed by atoms with van der Waals surface area (Å²) < 4.78 is 11.1. The number of methoxy groups -OCH3 is 1. The monoisotopic (exact) mass is 829 g/mol. The Morgan fingerprint density at radius 2 is 1.95 bits per heavy atom. The van der Waals surface area contributed by atoms with E-state index in [0.29, 0.717) is 58.1 Å². The van der Waals surface area contributed by atoms with Crippen LogP contribution in [0.15, 0.2) is 95.2 Å². The highest BCUT2D eigenvalue weighted by Crippen LogP contribution is 2.72. The molecule has 60 heavy (non-hydrogen) atoms. The Hall–Kier alpha value is -3.03. The second-order valence-corrected chi connectivity index (χ2v) is 18.9. The third kappa shape index (κ3) is 9.33. The quantitative estimate of drug-likeness (QED) is 0.0470. The van der Waals surface area contributed by atoms with Crippen molar-refractivity contribution in [3.63, 3.8) is 0 Å². The zero-order valence-electron chi connectivity index (χ0n) is 36.5. The van der Waals surface area contributed by atoms with Crippen molar-refractivity contribution < 1.29 is 39.8 Å². The summed E-state index contributed by atoms with van der Waals surface area (Å²) in [7, 11) is 3.58. The zero-order valence-corrected chi connectivity index (χ0v) is 36.5. The summed E-state index contributed by atoms with van der Waals surface area (Å²) in [6, 6.07) is 8.65. The van der Waals surface area contributed by atoms with Crippen molar-refractivity contribution in [1.29, 1.82) is 0 Å². The van der Waals surface area contributed by atoms with Gasteiger partial charge >= 0.3 is 0 Å². The lowest BCUT2D eigenvalue weighted by molar-refractivity contribution is -0.207. The first kappa shape index (κ1) is 46.5. The van der Waals surface area contributed by atoms with Crippen molar-refractivity contribution in [1.82, 2.24) is 10.6 Å². The van der Waals surface area contributed by atoms with Crippen LogP contribution in [0.4, 0.5) is 0 Å². The topological polar surface area (TPSA) is 161 Å². The van der Waals surface area contributed by atoms with Gasteiger partial charge in [0.05, 0.1) is 18.3 Å². The molecule has 0 aromatic heterocycles. The Morgan fingerprint density at radius 1 is 1.15 bits per heavy atom. The molecule has 0 amide bonds. The predicted octanol–water partition coefficient (Wildman–Crippen LogP) is 5.80. The van der Waals surface area contributed by atoms with Crippen molar-refractivity contribution in [2.45, 2.75) is 114 Å². The first-order valence-electron chi connectivity index (χ1n) is 22.3. The van der Waals surface area contributed by atoms with Crippen LogP contribution >= 0.6 is 0 Å². The largest absolute Gasteiger partial charge is 0.396 e. The second-order valence-electron chi connectivity index (χ2n) is 18.9. The number of hydrogen-bond donors (Lipinski definition) is 7. The molecule has 6 rings (SSSR count). The summed E-state index contributed by atoms with van der Waals surface area (Å²) in [5, 5.41) is 64.3. The van der Waals surface area contributed by atoms with Crippen LogP contribution in [0.5, 0.6) is 0 Å². The van der Waals surface area contributed by atoms with Gasteiger partial charge in [-0.2, -0.15) is 0 Å². The van der Waals surface area contributed by atoms with Crippen LogP contribution in [0.2, 0.25) is 0 Å². The lowest BCUT2D eigenvalue weighted by Gasteiger charge is -2.66. The number of aliphatic hydroxyl groups is 5. The smallest absolute Gasteiger partial charge is 0.146 e. The van der Waals surface area contributed by atoms with E-state index in [4.69, 9.17) is 9.47 Å². The molecule has 5 aliphatic rings. The molecule has 4 bridgehead atoms. The first-order valence-corrected chi connectivity index (χ1v) is 22.3. The molecule has 7 N–H and O–H groups in total. The van der Waals surface area contributed by atoms with E-state index >= 15 is 0 Å². The molecule has 4 aliphatic carbocycles. The number of carbonyl (C=O) groups excluding carboxylic acids is 1. The lowest BCUT2D eigenvalue weighted by Crippen LogP contribution is -2.67. The number of nitrogens with one attached hydrogen (secondary N) is 2. The average Bonchev–Trinajstić information content (AvgIpc) is 3.58. The minimum absolute atomic E-state index is 0.0372. The van der Waals surface area contributed by atoms with E-state index in [-0.39, 0.29) is 42.4 Å². The molecule has 330 valence electrons. The van der Waals surface area contributed by atoms with Crippen molar-refractivity contribution in [3.05, 3.63) is 106 Å². The van der Waals surface area contributed by atoms with Gasteiger partial charge in [0.15, 0.2) is 0 Å². The van der Waals surface area contributed by atoms with Crippen molar-refractivity contribution >= 4 is 6.29 Å². The van der Waals surface area contributed by atoms with Crippen LogP contribution in [0.3, 0.4) is 0 Å². The molecular weight excluding hydrogens is 757 g/mol. The van der Waals surface area contributed by atoms with E-state index in [0.717, 1.165) is 66.3 Å². The zero-order chi connectivity index (χ0) is 43.1. The fourth-order valence-corrected chi connectivity index (χ4v) is 12.1. The summed E-state index contributed by atoms with van der Waals surface area (Å²) in [4.78, 5) is 12.8. The fraction of sp³-hybridized carbons (Fsp3) is 0.620. The minimum Gasteiger partial charge on any atom is -0.396 e. The van der Waals surface area contributed by atoms with Gasteiger partial charge in [-0.05, 0) is 156 Å².